The second kappa shape index (κ2) is 3.47. The third-order valence-electron chi connectivity index (χ3n) is 3.38. The van der Waals surface area contributed by atoms with E-state index in [2.05, 4.69) is 4.74 Å². The normalized spacial score (nSPS) is 16.9. The highest BCUT2D eigenvalue weighted by Gasteiger charge is 2.49. The Kier molecular flexibility index (Phi) is 2.37. The molecule has 0 N–H and O–H groups in total. The smallest absolute Gasteiger partial charge is 0.354 e. The van der Waals surface area contributed by atoms with E-state index in [-0.39, 0.29) is 17.2 Å². The summed E-state index contributed by atoms with van der Waals surface area (Å²) in [5.41, 5.74) is 1.09. The van der Waals surface area contributed by atoms with Crippen LogP contribution in [0.2, 0.25) is 0 Å². The van der Waals surface area contributed by atoms with Crippen molar-refractivity contribution in [2.75, 3.05) is 7.11 Å². The summed E-state index contributed by atoms with van der Waals surface area (Å²) >= 11 is 0. The average molecular weight is 221 g/mol. The van der Waals surface area contributed by atoms with Gasteiger partial charge in [0, 0.05) is 13.2 Å². The molecule has 0 aliphatic heterocycles. The van der Waals surface area contributed by atoms with Gasteiger partial charge in [0.1, 0.15) is 11.5 Å². The second-order valence-electron chi connectivity index (χ2n) is 4.35. The molecule has 1 aliphatic rings. The highest BCUT2D eigenvalue weighted by molar-refractivity contribution is 5.93. The predicted octanol–water partition coefficient (Wildman–Crippen LogP) is 1.43. The number of aryl methyl sites for hydroxylation is 1. The fraction of sp³-hybridized carbons (Fsp3) is 0.500. The molecule has 0 radical (unpaired) electrons. The van der Waals surface area contributed by atoms with Crippen LogP contribution in [-0.2, 0) is 22.0 Å². The van der Waals surface area contributed by atoms with Crippen LogP contribution in [0.15, 0.2) is 12.3 Å². The summed E-state index contributed by atoms with van der Waals surface area (Å²) in [5.74, 6) is -0.192. The van der Waals surface area contributed by atoms with Gasteiger partial charge in [0.05, 0.1) is 12.5 Å². The lowest BCUT2D eigenvalue weighted by Gasteiger charge is -2.07. The third kappa shape index (κ3) is 1.45. The molecule has 0 bridgehead atoms. The monoisotopic (exact) mass is 221 g/mol. The maximum atomic E-state index is 11.6. The standard InChI is InChI=1S/C12H15NO3/c1-8(14)12(4-5-12)9-6-10(11(15)16-3)13(2)7-9/h6-7H,4-5H2,1-3H3. The van der Waals surface area contributed by atoms with Gasteiger partial charge < -0.3 is 9.30 Å². The fourth-order valence-electron chi connectivity index (χ4n) is 2.10. The first kappa shape index (κ1) is 10.9. The van der Waals surface area contributed by atoms with Gasteiger partial charge in [0.25, 0.3) is 0 Å². The molecule has 86 valence electrons. The first-order valence-corrected chi connectivity index (χ1v) is 5.27. The van der Waals surface area contributed by atoms with Gasteiger partial charge in [-0.15, -0.1) is 0 Å². The molecule has 16 heavy (non-hydrogen) atoms. The van der Waals surface area contributed by atoms with Crippen LogP contribution in [0.5, 0.6) is 0 Å². The molecule has 1 aliphatic carbocycles. The molecule has 0 atom stereocenters. The van der Waals surface area contributed by atoms with E-state index in [0.29, 0.717) is 5.69 Å². The number of hydrogen-bond acceptors (Lipinski definition) is 3. The van der Waals surface area contributed by atoms with Crippen molar-refractivity contribution in [1.82, 2.24) is 4.57 Å². The van der Waals surface area contributed by atoms with Crippen LogP contribution in [0.25, 0.3) is 0 Å². The molecule has 1 aromatic rings. The van der Waals surface area contributed by atoms with Gasteiger partial charge in [-0.3, -0.25) is 4.79 Å². The van der Waals surface area contributed by atoms with Gasteiger partial charge >= 0.3 is 5.97 Å². The Hall–Kier alpha value is -1.58. The van der Waals surface area contributed by atoms with E-state index in [1.807, 2.05) is 6.20 Å². The zero-order chi connectivity index (χ0) is 11.9. The van der Waals surface area contributed by atoms with Crippen molar-refractivity contribution in [2.24, 2.45) is 7.05 Å². The lowest BCUT2D eigenvalue weighted by molar-refractivity contribution is -0.119. The van der Waals surface area contributed by atoms with Crippen LogP contribution in [0.3, 0.4) is 0 Å². The summed E-state index contributed by atoms with van der Waals surface area (Å²) in [4.78, 5) is 23.0. The second-order valence-corrected chi connectivity index (χ2v) is 4.35. The first-order valence-electron chi connectivity index (χ1n) is 5.27. The molecule has 4 nitrogen and oxygen atoms in total. The van der Waals surface area contributed by atoms with Crippen LogP contribution in [0.1, 0.15) is 35.8 Å². The minimum absolute atomic E-state index is 0.175. The summed E-state index contributed by atoms with van der Waals surface area (Å²) in [6.45, 7) is 1.61. The molecule has 2 rings (SSSR count). The Bertz CT molecular complexity index is 455. The van der Waals surface area contributed by atoms with Crippen LogP contribution >= 0.6 is 0 Å². The van der Waals surface area contributed by atoms with Gasteiger partial charge in [-0.25, -0.2) is 4.79 Å². The molecule has 0 amide bonds. The van der Waals surface area contributed by atoms with E-state index in [1.54, 1.807) is 24.6 Å². The van der Waals surface area contributed by atoms with Crippen molar-refractivity contribution >= 4 is 11.8 Å². The van der Waals surface area contributed by atoms with E-state index in [0.717, 1.165) is 18.4 Å². The number of esters is 1. The Morgan fingerprint density at radius 2 is 2.06 bits per heavy atom. The Morgan fingerprint density at radius 3 is 2.50 bits per heavy atom. The van der Waals surface area contributed by atoms with Crippen LogP contribution in [0.4, 0.5) is 0 Å². The number of rotatable bonds is 3. The van der Waals surface area contributed by atoms with Crippen molar-refractivity contribution in [2.45, 2.75) is 25.2 Å². The number of ketones is 1. The molecular formula is C12H15NO3. The number of carbonyl (C=O) groups is 2. The molecule has 0 unspecified atom stereocenters. The lowest BCUT2D eigenvalue weighted by Crippen LogP contribution is -2.15. The molecule has 0 aromatic carbocycles. The summed E-state index contributed by atoms with van der Waals surface area (Å²) in [6.07, 6.45) is 3.61. The largest absolute Gasteiger partial charge is 0.464 e. The number of Topliss-reactive ketones (excluding diaryl/α,β-unsaturated/α-hetero) is 1. The Balaban J connectivity index is 2.39. The predicted molar refractivity (Wildman–Crippen MR) is 58.3 cm³/mol. The van der Waals surface area contributed by atoms with E-state index in [9.17, 15) is 9.59 Å². The van der Waals surface area contributed by atoms with E-state index in [4.69, 9.17) is 0 Å². The first-order chi connectivity index (χ1) is 7.51. The van der Waals surface area contributed by atoms with Crippen LogP contribution < -0.4 is 0 Å². The average Bonchev–Trinajstić information content (AvgIpc) is 2.97. The minimum Gasteiger partial charge on any atom is -0.464 e. The molecule has 0 spiro atoms. The van der Waals surface area contributed by atoms with E-state index >= 15 is 0 Å². The van der Waals surface area contributed by atoms with Gasteiger partial charge in [-0.05, 0) is 31.4 Å². The molecule has 1 aromatic heterocycles. The number of hydrogen-bond donors (Lipinski definition) is 0. The number of nitrogens with zero attached hydrogens (tertiary/aromatic N) is 1. The SMILES string of the molecule is COC(=O)c1cc(C2(C(C)=O)CC2)cn1C. The fourth-order valence-corrected chi connectivity index (χ4v) is 2.10. The summed E-state index contributed by atoms with van der Waals surface area (Å²) in [6, 6.07) is 1.76. The molecule has 1 fully saturated rings. The molecule has 4 heteroatoms. The van der Waals surface area contributed by atoms with Crippen molar-refractivity contribution in [1.29, 1.82) is 0 Å². The van der Waals surface area contributed by atoms with Crippen LogP contribution in [0, 0.1) is 0 Å². The summed E-state index contributed by atoms with van der Waals surface area (Å²) < 4.78 is 6.39. The highest BCUT2D eigenvalue weighted by Crippen LogP contribution is 2.49. The Labute approximate surface area is 94.2 Å². The lowest BCUT2D eigenvalue weighted by atomic mass is 9.94. The highest BCUT2D eigenvalue weighted by atomic mass is 16.5. The topological polar surface area (TPSA) is 48.3 Å². The number of carbonyl (C=O) groups excluding carboxylic acids is 2. The maximum absolute atomic E-state index is 11.6. The van der Waals surface area contributed by atoms with Crippen LogP contribution in [-0.4, -0.2) is 23.4 Å². The quantitative estimate of drug-likeness (QED) is 0.725. The zero-order valence-corrected chi connectivity index (χ0v) is 9.74. The summed E-state index contributed by atoms with van der Waals surface area (Å²) in [5, 5.41) is 0. The van der Waals surface area contributed by atoms with Gasteiger partial charge in [-0.2, -0.15) is 0 Å². The number of methoxy groups -OCH3 is 1. The van der Waals surface area contributed by atoms with Gasteiger partial charge in [0.2, 0.25) is 0 Å². The van der Waals surface area contributed by atoms with Crippen molar-refractivity contribution in [3.63, 3.8) is 0 Å². The Morgan fingerprint density at radius 1 is 1.44 bits per heavy atom. The molecule has 1 saturated carbocycles. The third-order valence-corrected chi connectivity index (χ3v) is 3.38. The number of ether oxygens (including phenoxy) is 1. The maximum Gasteiger partial charge on any atom is 0.354 e. The molecular weight excluding hydrogens is 206 g/mol. The molecule has 0 saturated heterocycles. The summed E-state index contributed by atoms with van der Waals surface area (Å²) in [7, 11) is 3.14. The minimum atomic E-state index is -0.367. The van der Waals surface area contributed by atoms with Crippen molar-refractivity contribution in [3.8, 4) is 0 Å². The van der Waals surface area contributed by atoms with E-state index < -0.39 is 0 Å². The van der Waals surface area contributed by atoms with Crippen molar-refractivity contribution < 1.29 is 14.3 Å². The van der Waals surface area contributed by atoms with Gasteiger partial charge in [-0.1, -0.05) is 0 Å². The van der Waals surface area contributed by atoms with Gasteiger partial charge in [0.15, 0.2) is 0 Å². The zero-order valence-electron chi connectivity index (χ0n) is 9.74. The van der Waals surface area contributed by atoms with E-state index in [1.165, 1.54) is 7.11 Å². The number of aromatic nitrogens is 1. The molecule has 1 heterocycles. The van der Waals surface area contributed by atoms with Crippen molar-refractivity contribution in [3.05, 3.63) is 23.5 Å².